The topological polar surface area (TPSA) is 34.4 Å². The van der Waals surface area contributed by atoms with Crippen molar-refractivity contribution in [3.8, 4) is 11.3 Å². The van der Waals surface area contributed by atoms with Gasteiger partial charge in [0.2, 0.25) is 0 Å². The Bertz CT molecular complexity index is 557. The number of rotatable bonds is 7. The van der Waals surface area contributed by atoms with E-state index in [1.807, 2.05) is 12.1 Å². The summed E-state index contributed by atoms with van der Waals surface area (Å²) < 4.78 is 23.8. The maximum Gasteiger partial charge on any atom is 0.141 e. The minimum atomic E-state index is -0.429. The molecule has 0 bridgehead atoms. The van der Waals surface area contributed by atoms with Gasteiger partial charge in [-0.15, -0.1) is 0 Å². The molecule has 2 rings (SSSR count). The Morgan fingerprint density at radius 3 is 2.90 bits per heavy atom. The summed E-state index contributed by atoms with van der Waals surface area (Å²) in [5.74, 6) is 1.08. The van der Waals surface area contributed by atoms with Gasteiger partial charge in [-0.3, -0.25) is 0 Å². The Balaban J connectivity index is 1.93. The third-order valence-electron chi connectivity index (χ3n) is 2.87. The molecule has 0 amide bonds. The summed E-state index contributed by atoms with van der Waals surface area (Å²) in [6.45, 7) is 2.26. The molecule has 1 aromatic carbocycles. The van der Waals surface area contributed by atoms with Crippen molar-refractivity contribution >= 4 is 11.6 Å². The Morgan fingerprint density at radius 1 is 1.30 bits per heavy atom. The van der Waals surface area contributed by atoms with Crippen LogP contribution in [0.3, 0.4) is 0 Å². The number of ether oxygens (including phenoxy) is 1. The Morgan fingerprint density at radius 2 is 2.15 bits per heavy atom. The molecule has 20 heavy (non-hydrogen) atoms. The molecule has 0 saturated heterocycles. The summed E-state index contributed by atoms with van der Waals surface area (Å²) in [5.41, 5.74) is 0.766. The minimum absolute atomic E-state index is 0.0955. The first kappa shape index (κ1) is 15.0. The first-order valence-corrected chi connectivity index (χ1v) is 6.82. The van der Waals surface area contributed by atoms with E-state index in [4.69, 9.17) is 20.8 Å². The standard InChI is InChI=1S/C15H17ClFNO2/c1-19-8-2-7-18-10-12-4-6-15(20-12)11-3-5-14(17)13(16)9-11/h3-6,9,18H,2,7-8,10H2,1H3. The van der Waals surface area contributed by atoms with E-state index >= 15 is 0 Å². The number of furan rings is 1. The van der Waals surface area contributed by atoms with Crippen molar-refractivity contribution in [3.05, 3.63) is 46.9 Å². The lowest BCUT2D eigenvalue weighted by Crippen LogP contribution is -2.15. The number of halogens is 2. The summed E-state index contributed by atoms with van der Waals surface area (Å²) in [7, 11) is 1.69. The van der Waals surface area contributed by atoms with Crippen molar-refractivity contribution < 1.29 is 13.5 Å². The molecule has 1 N–H and O–H groups in total. The molecule has 0 aliphatic heterocycles. The quantitative estimate of drug-likeness (QED) is 0.788. The molecule has 5 heteroatoms. The number of hydrogen-bond donors (Lipinski definition) is 1. The maximum atomic E-state index is 13.1. The van der Waals surface area contributed by atoms with Gasteiger partial charge in [0.15, 0.2) is 0 Å². The Hall–Kier alpha value is -1.36. The van der Waals surface area contributed by atoms with Crippen molar-refractivity contribution in [1.82, 2.24) is 5.32 Å². The number of methoxy groups -OCH3 is 1. The maximum absolute atomic E-state index is 13.1. The van der Waals surface area contributed by atoms with Crippen LogP contribution < -0.4 is 5.32 Å². The van der Waals surface area contributed by atoms with Crippen molar-refractivity contribution in [3.63, 3.8) is 0 Å². The zero-order valence-corrected chi connectivity index (χ0v) is 12.0. The highest BCUT2D eigenvalue weighted by molar-refractivity contribution is 6.31. The molecule has 3 nitrogen and oxygen atoms in total. The van der Waals surface area contributed by atoms with Gasteiger partial charge >= 0.3 is 0 Å². The van der Waals surface area contributed by atoms with Crippen molar-refractivity contribution in [2.24, 2.45) is 0 Å². The van der Waals surface area contributed by atoms with Crippen LogP contribution in [0.4, 0.5) is 4.39 Å². The predicted octanol–water partition coefficient (Wildman–Crippen LogP) is 3.87. The summed E-state index contributed by atoms with van der Waals surface area (Å²) in [4.78, 5) is 0. The third kappa shape index (κ3) is 4.07. The second-order valence-electron chi connectivity index (χ2n) is 4.42. The van der Waals surface area contributed by atoms with Gasteiger partial charge in [-0.2, -0.15) is 0 Å². The van der Waals surface area contributed by atoms with Crippen molar-refractivity contribution in [1.29, 1.82) is 0 Å². The molecule has 1 heterocycles. The van der Waals surface area contributed by atoms with Gasteiger partial charge in [0.1, 0.15) is 17.3 Å². The molecular formula is C15H17ClFNO2. The molecule has 0 aliphatic rings. The van der Waals surface area contributed by atoms with E-state index in [1.54, 1.807) is 19.2 Å². The minimum Gasteiger partial charge on any atom is -0.460 e. The van der Waals surface area contributed by atoms with Crippen LogP contribution in [0, 0.1) is 5.82 Å². The van der Waals surface area contributed by atoms with Crippen molar-refractivity contribution in [2.75, 3.05) is 20.3 Å². The largest absolute Gasteiger partial charge is 0.460 e. The lowest BCUT2D eigenvalue weighted by Gasteiger charge is -2.02. The number of benzene rings is 1. The van der Waals surface area contributed by atoms with Crippen LogP contribution in [0.2, 0.25) is 5.02 Å². The average Bonchev–Trinajstić information content (AvgIpc) is 2.90. The Kier molecular flexibility index (Phi) is 5.59. The van der Waals surface area contributed by atoms with E-state index in [0.29, 0.717) is 12.3 Å². The second kappa shape index (κ2) is 7.43. The molecule has 0 aliphatic carbocycles. The molecule has 2 aromatic rings. The lowest BCUT2D eigenvalue weighted by molar-refractivity contribution is 0.194. The predicted molar refractivity (Wildman–Crippen MR) is 77.3 cm³/mol. The molecule has 108 valence electrons. The van der Waals surface area contributed by atoms with Gasteiger partial charge in [0.25, 0.3) is 0 Å². The fourth-order valence-electron chi connectivity index (χ4n) is 1.83. The molecule has 0 fully saturated rings. The molecule has 1 aromatic heterocycles. The average molecular weight is 298 g/mol. The fraction of sp³-hybridized carbons (Fsp3) is 0.333. The number of hydrogen-bond acceptors (Lipinski definition) is 3. The van der Waals surface area contributed by atoms with Gasteiger partial charge in [0, 0.05) is 19.3 Å². The monoisotopic (exact) mass is 297 g/mol. The molecule has 0 unspecified atom stereocenters. The normalized spacial score (nSPS) is 10.9. The van der Waals surface area contributed by atoms with Crippen LogP contribution in [0.25, 0.3) is 11.3 Å². The fourth-order valence-corrected chi connectivity index (χ4v) is 2.01. The van der Waals surface area contributed by atoms with E-state index < -0.39 is 5.82 Å². The molecule has 0 atom stereocenters. The van der Waals surface area contributed by atoms with Crippen LogP contribution in [-0.4, -0.2) is 20.3 Å². The van der Waals surface area contributed by atoms with Crippen LogP contribution in [0.15, 0.2) is 34.7 Å². The van der Waals surface area contributed by atoms with Gasteiger partial charge in [-0.25, -0.2) is 4.39 Å². The second-order valence-corrected chi connectivity index (χ2v) is 4.83. The molecular weight excluding hydrogens is 281 g/mol. The van der Waals surface area contributed by atoms with Gasteiger partial charge in [-0.1, -0.05) is 11.6 Å². The summed E-state index contributed by atoms with van der Waals surface area (Å²) in [6.07, 6.45) is 0.956. The molecule has 0 spiro atoms. The molecule has 0 saturated carbocycles. The summed E-state index contributed by atoms with van der Waals surface area (Å²) >= 11 is 5.76. The highest BCUT2D eigenvalue weighted by Gasteiger charge is 2.07. The van der Waals surface area contributed by atoms with E-state index in [2.05, 4.69) is 5.32 Å². The Labute approximate surface area is 122 Å². The summed E-state index contributed by atoms with van der Waals surface area (Å²) in [6, 6.07) is 8.30. The lowest BCUT2D eigenvalue weighted by atomic mass is 10.2. The SMILES string of the molecule is COCCCNCc1ccc(-c2ccc(F)c(Cl)c2)o1. The van der Waals surface area contributed by atoms with Gasteiger partial charge in [0.05, 0.1) is 11.6 Å². The zero-order valence-electron chi connectivity index (χ0n) is 11.3. The number of nitrogens with one attached hydrogen (secondary N) is 1. The van der Waals surface area contributed by atoms with Crippen LogP contribution in [0.5, 0.6) is 0 Å². The highest BCUT2D eigenvalue weighted by Crippen LogP contribution is 2.26. The van der Waals surface area contributed by atoms with Crippen LogP contribution in [0.1, 0.15) is 12.2 Å². The first-order valence-electron chi connectivity index (χ1n) is 6.44. The van der Waals surface area contributed by atoms with E-state index in [1.165, 1.54) is 6.07 Å². The highest BCUT2D eigenvalue weighted by atomic mass is 35.5. The smallest absolute Gasteiger partial charge is 0.141 e. The zero-order chi connectivity index (χ0) is 14.4. The van der Waals surface area contributed by atoms with E-state index in [0.717, 1.165) is 30.9 Å². The van der Waals surface area contributed by atoms with Gasteiger partial charge in [-0.05, 0) is 43.3 Å². The third-order valence-corrected chi connectivity index (χ3v) is 3.16. The van der Waals surface area contributed by atoms with E-state index in [9.17, 15) is 4.39 Å². The summed E-state index contributed by atoms with van der Waals surface area (Å²) in [5, 5.41) is 3.36. The van der Waals surface area contributed by atoms with Crippen LogP contribution >= 0.6 is 11.6 Å². The van der Waals surface area contributed by atoms with Crippen molar-refractivity contribution in [2.45, 2.75) is 13.0 Å². The first-order chi connectivity index (χ1) is 9.70. The van der Waals surface area contributed by atoms with Crippen LogP contribution in [-0.2, 0) is 11.3 Å². The van der Waals surface area contributed by atoms with E-state index in [-0.39, 0.29) is 5.02 Å². The van der Waals surface area contributed by atoms with Gasteiger partial charge < -0.3 is 14.5 Å². The molecule has 0 radical (unpaired) electrons.